The smallest absolute Gasteiger partial charge is 0.150 e. The summed E-state index contributed by atoms with van der Waals surface area (Å²) in [5, 5.41) is 10.3. The molecule has 0 bridgehead atoms. The van der Waals surface area contributed by atoms with Gasteiger partial charge in [-0.15, -0.1) is 0 Å². The van der Waals surface area contributed by atoms with Crippen LogP contribution in [0.3, 0.4) is 0 Å². The molecule has 11 heavy (non-hydrogen) atoms. The normalized spacial score (nSPS) is 10.1. The summed E-state index contributed by atoms with van der Waals surface area (Å²) in [4.78, 5) is 0. The summed E-state index contributed by atoms with van der Waals surface area (Å²) in [6.45, 7) is 7.20. The van der Waals surface area contributed by atoms with Gasteiger partial charge in [0.25, 0.3) is 0 Å². The van der Waals surface area contributed by atoms with Crippen molar-refractivity contribution in [3.63, 3.8) is 0 Å². The summed E-state index contributed by atoms with van der Waals surface area (Å²) >= 11 is 0. The van der Waals surface area contributed by atoms with Crippen molar-refractivity contribution < 1.29 is 0 Å². The molecule has 2 N–H and O–H groups in total. The second-order valence-electron chi connectivity index (χ2n) is 2.56. The first kappa shape index (κ1) is 8.11. The first-order valence-corrected chi connectivity index (χ1v) is 4.07. The van der Waals surface area contributed by atoms with E-state index in [-0.39, 0.29) is 0 Å². The summed E-state index contributed by atoms with van der Waals surface area (Å²) in [6, 6.07) is 0. The van der Waals surface area contributed by atoms with Crippen LogP contribution < -0.4 is 5.32 Å². The van der Waals surface area contributed by atoms with E-state index in [0.717, 1.165) is 18.8 Å². The molecule has 0 aromatic carbocycles. The molecular weight excluding hydrogens is 138 g/mol. The molecule has 0 fully saturated rings. The molecule has 0 unspecified atom stereocenters. The molecule has 1 heterocycles. The van der Waals surface area contributed by atoms with Crippen molar-refractivity contribution in [2.24, 2.45) is 0 Å². The van der Waals surface area contributed by atoms with Crippen LogP contribution in [0.1, 0.15) is 25.1 Å². The Balaban J connectivity index is 2.82. The fourth-order valence-electron chi connectivity index (χ4n) is 1.12. The monoisotopic (exact) mass is 153 g/mol. The van der Waals surface area contributed by atoms with Gasteiger partial charge >= 0.3 is 0 Å². The maximum atomic E-state index is 4.14. The molecular formula is C8H15N3. The number of H-pyrrole nitrogens is 1. The SMILES string of the molecule is CCNc1n[nH]c(CC)c1C. The molecule has 1 rings (SSSR count). The zero-order valence-corrected chi connectivity index (χ0v) is 7.36. The molecule has 0 saturated carbocycles. The van der Waals surface area contributed by atoms with E-state index in [4.69, 9.17) is 0 Å². The Kier molecular flexibility index (Phi) is 2.52. The number of aryl methyl sites for hydroxylation is 1. The molecule has 0 aliphatic carbocycles. The predicted molar refractivity (Wildman–Crippen MR) is 46.9 cm³/mol. The Hall–Kier alpha value is -0.990. The second kappa shape index (κ2) is 3.42. The van der Waals surface area contributed by atoms with Gasteiger partial charge in [-0.2, -0.15) is 5.10 Å². The second-order valence-corrected chi connectivity index (χ2v) is 2.56. The third kappa shape index (κ3) is 1.53. The molecule has 1 aromatic heterocycles. The number of aromatic amines is 1. The van der Waals surface area contributed by atoms with Crippen LogP contribution in [-0.4, -0.2) is 16.7 Å². The molecule has 3 nitrogen and oxygen atoms in total. The summed E-state index contributed by atoms with van der Waals surface area (Å²) in [6.07, 6.45) is 1.02. The summed E-state index contributed by atoms with van der Waals surface area (Å²) in [5.41, 5.74) is 2.47. The zero-order valence-electron chi connectivity index (χ0n) is 7.36. The first-order chi connectivity index (χ1) is 5.29. The van der Waals surface area contributed by atoms with E-state index >= 15 is 0 Å². The van der Waals surface area contributed by atoms with Crippen LogP contribution in [0.4, 0.5) is 5.82 Å². The molecule has 1 aromatic rings. The van der Waals surface area contributed by atoms with Gasteiger partial charge in [0, 0.05) is 17.8 Å². The molecule has 0 atom stereocenters. The standard InChI is InChI=1S/C8H15N3/c1-4-7-6(3)8(9-5-2)11-10-7/h4-5H2,1-3H3,(H2,9,10,11). The summed E-state index contributed by atoms with van der Waals surface area (Å²) in [7, 11) is 0. The van der Waals surface area contributed by atoms with Crippen LogP contribution in [-0.2, 0) is 6.42 Å². The lowest BCUT2D eigenvalue weighted by Crippen LogP contribution is -1.98. The highest BCUT2D eigenvalue weighted by atomic mass is 15.2. The van der Waals surface area contributed by atoms with Crippen molar-refractivity contribution in [1.82, 2.24) is 10.2 Å². The molecule has 0 spiro atoms. The molecule has 0 amide bonds. The molecule has 0 aliphatic heterocycles. The van der Waals surface area contributed by atoms with E-state index in [2.05, 4.69) is 36.3 Å². The van der Waals surface area contributed by atoms with Crippen molar-refractivity contribution in [3.8, 4) is 0 Å². The Bertz CT molecular complexity index is 227. The lowest BCUT2D eigenvalue weighted by atomic mass is 10.2. The number of rotatable bonds is 3. The van der Waals surface area contributed by atoms with Gasteiger partial charge in [0.15, 0.2) is 5.82 Å². The van der Waals surface area contributed by atoms with Crippen LogP contribution in [0.25, 0.3) is 0 Å². The van der Waals surface area contributed by atoms with Gasteiger partial charge in [0.2, 0.25) is 0 Å². The maximum Gasteiger partial charge on any atom is 0.150 e. The van der Waals surface area contributed by atoms with Gasteiger partial charge in [-0.3, -0.25) is 5.10 Å². The number of aromatic nitrogens is 2. The highest BCUT2D eigenvalue weighted by molar-refractivity contribution is 5.45. The van der Waals surface area contributed by atoms with Crippen molar-refractivity contribution in [1.29, 1.82) is 0 Å². The number of nitrogens with one attached hydrogen (secondary N) is 2. The summed E-state index contributed by atoms with van der Waals surface area (Å²) < 4.78 is 0. The quantitative estimate of drug-likeness (QED) is 0.694. The predicted octanol–water partition coefficient (Wildman–Crippen LogP) is 1.71. The van der Waals surface area contributed by atoms with Crippen LogP contribution in [0.2, 0.25) is 0 Å². The van der Waals surface area contributed by atoms with Crippen LogP contribution in [0.15, 0.2) is 0 Å². The fourth-order valence-corrected chi connectivity index (χ4v) is 1.12. The van der Waals surface area contributed by atoms with E-state index in [1.807, 2.05) is 0 Å². The van der Waals surface area contributed by atoms with Crippen molar-refractivity contribution in [2.45, 2.75) is 27.2 Å². The third-order valence-corrected chi connectivity index (χ3v) is 1.81. The minimum absolute atomic E-state index is 0.925. The average Bonchev–Trinajstić information content (AvgIpc) is 2.34. The largest absolute Gasteiger partial charge is 0.369 e. The molecule has 62 valence electrons. The highest BCUT2D eigenvalue weighted by Crippen LogP contribution is 2.14. The van der Waals surface area contributed by atoms with Gasteiger partial charge in [0.05, 0.1) is 0 Å². The van der Waals surface area contributed by atoms with E-state index in [0.29, 0.717) is 0 Å². The van der Waals surface area contributed by atoms with Gasteiger partial charge in [-0.25, -0.2) is 0 Å². The van der Waals surface area contributed by atoms with Crippen molar-refractivity contribution in [3.05, 3.63) is 11.3 Å². The highest BCUT2D eigenvalue weighted by Gasteiger charge is 2.04. The van der Waals surface area contributed by atoms with Gasteiger partial charge in [-0.1, -0.05) is 6.92 Å². The number of hydrogen-bond acceptors (Lipinski definition) is 2. The van der Waals surface area contributed by atoms with Crippen LogP contribution in [0, 0.1) is 6.92 Å². The lowest BCUT2D eigenvalue weighted by Gasteiger charge is -1.98. The minimum atomic E-state index is 0.925. The minimum Gasteiger partial charge on any atom is -0.369 e. The van der Waals surface area contributed by atoms with Gasteiger partial charge in [-0.05, 0) is 20.3 Å². The van der Waals surface area contributed by atoms with Crippen molar-refractivity contribution in [2.75, 3.05) is 11.9 Å². The molecule has 0 saturated heterocycles. The van der Waals surface area contributed by atoms with E-state index < -0.39 is 0 Å². The Morgan fingerprint density at radius 1 is 1.45 bits per heavy atom. The number of anilines is 1. The van der Waals surface area contributed by atoms with Gasteiger partial charge < -0.3 is 5.32 Å². The van der Waals surface area contributed by atoms with Crippen LogP contribution in [0.5, 0.6) is 0 Å². The Morgan fingerprint density at radius 3 is 2.64 bits per heavy atom. The molecule has 0 radical (unpaired) electrons. The first-order valence-electron chi connectivity index (χ1n) is 4.07. The third-order valence-electron chi connectivity index (χ3n) is 1.81. The Morgan fingerprint density at radius 2 is 2.18 bits per heavy atom. The van der Waals surface area contributed by atoms with E-state index in [9.17, 15) is 0 Å². The van der Waals surface area contributed by atoms with Crippen LogP contribution >= 0.6 is 0 Å². The Labute approximate surface area is 67.2 Å². The maximum absolute atomic E-state index is 4.14. The van der Waals surface area contributed by atoms with Crippen molar-refractivity contribution >= 4 is 5.82 Å². The van der Waals surface area contributed by atoms with E-state index in [1.165, 1.54) is 11.3 Å². The molecule has 0 aliphatic rings. The molecule has 3 heteroatoms. The number of hydrogen-bond donors (Lipinski definition) is 2. The fraction of sp³-hybridized carbons (Fsp3) is 0.625. The average molecular weight is 153 g/mol. The zero-order chi connectivity index (χ0) is 8.27. The topological polar surface area (TPSA) is 40.7 Å². The number of nitrogens with zero attached hydrogens (tertiary/aromatic N) is 1. The van der Waals surface area contributed by atoms with E-state index in [1.54, 1.807) is 0 Å². The summed E-state index contributed by atoms with van der Waals surface area (Å²) in [5.74, 6) is 0.990. The lowest BCUT2D eigenvalue weighted by molar-refractivity contribution is 0.967. The van der Waals surface area contributed by atoms with Gasteiger partial charge in [0.1, 0.15) is 0 Å².